The van der Waals surface area contributed by atoms with E-state index in [9.17, 15) is 12.8 Å². The fraction of sp³-hybridized carbons (Fsp3) is 0.118. The van der Waals surface area contributed by atoms with E-state index in [1.54, 1.807) is 12.1 Å². The predicted octanol–water partition coefficient (Wildman–Crippen LogP) is 4.48. The van der Waals surface area contributed by atoms with Crippen LogP contribution in [0.15, 0.2) is 52.4 Å². The van der Waals surface area contributed by atoms with Crippen LogP contribution in [0, 0.1) is 19.7 Å². The van der Waals surface area contributed by atoms with Crippen LogP contribution in [0.25, 0.3) is 10.9 Å². The molecular weight excluding hydrogens is 337 g/mol. The molecule has 0 saturated carbocycles. The van der Waals surface area contributed by atoms with Gasteiger partial charge in [-0.2, -0.15) is 0 Å². The molecule has 0 atom stereocenters. The first kappa shape index (κ1) is 15.9. The summed E-state index contributed by atoms with van der Waals surface area (Å²) in [4.78, 5) is 4.10. The lowest BCUT2D eigenvalue weighted by Gasteiger charge is -2.10. The second-order valence-corrected chi connectivity index (χ2v) is 7.64. The van der Waals surface area contributed by atoms with Gasteiger partial charge in [0.1, 0.15) is 10.7 Å². The van der Waals surface area contributed by atoms with Crippen molar-refractivity contribution >= 4 is 32.3 Å². The number of rotatable bonds is 2. The maximum absolute atomic E-state index is 13.4. The molecule has 1 heterocycles. The smallest absolute Gasteiger partial charge is 0.209 e. The van der Waals surface area contributed by atoms with Crippen molar-refractivity contribution in [1.82, 2.24) is 4.98 Å². The molecule has 0 saturated heterocycles. The summed E-state index contributed by atoms with van der Waals surface area (Å²) in [5.74, 6) is -0.498. The number of hydrogen-bond donors (Lipinski definition) is 0. The molecule has 0 N–H and O–H groups in total. The van der Waals surface area contributed by atoms with Crippen molar-refractivity contribution in [3.63, 3.8) is 0 Å². The molecule has 0 aliphatic heterocycles. The summed E-state index contributed by atoms with van der Waals surface area (Å²) in [6.07, 6.45) is 1.22. The van der Waals surface area contributed by atoms with Crippen LogP contribution < -0.4 is 0 Å². The second-order valence-electron chi connectivity index (χ2n) is 5.35. The Hall–Kier alpha value is -1.98. The highest BCUT2D eigenvalue weighted by Crippen LogP contribution is 2.33. The number of pyridine rings is 1. The van der Waals surface area contributed by atoms with Gasteiger partial charge in [-0.1, -0.05) is 17.7 Å². The number of halogens is 2. The third-order valence-electron chi connectivity index (χ3n) is 3.81. The lowest BCUT2D eigenvalue weighted by molar-refractivity contribution is 0.595. The molecule has 1 aromatic heterocycles. The van der Waals surface area contributed by atoms with Gasteiger partial charge in [0.15, 0.2) is 0 Å². The van der Waals surface area contributed by atoms with Gasteiger partial charge in [-0.15, -0.1) is 0 Å². The van der Waals surface area contributed by atoms with Crippen molar-refractivity contribution in [2.45, 2.75) is 23.6 Å². The summed E-state index contributed by atoms with van der Waals surface area (Å²) in [7, 11) is -3.83. The highest BCUT2D eigenvalue weighted by atomic mass is 35.5. The summed E-state index contributed by atoms with van der Waals surface area (Å²) in [6.45, 7) is 3.74. The molecular formula is C17H13ClFNO2S. The first-order valence-electron chi connectivity index (χ1n) is 6.87. The summed E-state index contributed by atoms with van der Waals surface area (Å²) < 4.78 is 39.1. The molecule has 3 aromatic rings. The molecule has 0 fully saturated rings. The van der Waals surface area contributed by atoms with Crippen LogP contribution in [-0.4, -0.2) is 13.4 Å². The third-order valence-corrected chi connectivity index (χ3v) is 6.09. The van der Waals surface area contributed by atoms with Gasteiger partial charge in [0.2, 0.25) is 9.84 Å². The van der Waals surface area contributed by atoms with Crippen LogP contribution >= 0.6 is 11.6 Å². The van der Waals surface area contributed by atoms with Crippen molar-refractivity contribution in [1.29, 1.82) is 0 Å². The van der Waals surface area contributed by atoms with E-state index >= 15 is 0 Å². The molecule has 3 nitrogen and oxygen atoms in total. The maximum atomic E-state index is 13.4. The van der Waals surface area contributed by atoms with Gasteiger partial charge in [-0.3, -0.25) is 4.98 Å². The van der Waals surface area contributed by atoms with Crippen molar-refractivity contribution in [2.24, 2.45) is 0 Å². The maximum Gasteiger partial charge on any atom is 0.209 e. The number of sulfone groups is 1. The van der Waals surface area contributed by atoms with E-state index in [-0.39, 0.29) is 20.2 Å². The molecule has 0 bridgehead atoms. The molecule has 0 unspecified atom stereocenters. The van der Waals surface area contributed by atoms with E-state index in [1.807, 2.05) is 13.8 Å². The lowest BCUT2D eigenvalue weighted by Crippen LogP contribution is -2.05. The van der Waals surface area contributed by atoms with Gasteiger partial charge in [0, 0.05) is 11.6 Å². The fourth-order valence-corrected chi connectivity index (χ4v) is 4.18. The summed E-state index contributed by atoms with van der Waals surface area (Å²) >= 11 is 6.23. The Labute approximate surface area is 138 Å². The number of aryl methyl sites for hydroxylation is 2. The topological polar surface area (TPSA) is 47.0 Å². The minimum absolute atomic E-state index is 0.0206. The Balaban J connectivity index is 2.26. The van der Waals surface area contributed by atoms with Crippen LogP contribution in [0.2, 0.25) is 5.02 Å². The summed E-state index contributed by atoms with van der Waals surface area (Å²) in [5, 5.41) is 0.254. The summed E-state index contributed by atoms with van der Waals surface area (Å²) in [6, 6.07) is 8.76. The van der Waals surface area contributed by atoms with Crippen molar-refractivity contribution in [3.8, 4) is 0 Å². The highest BCUT2D eigenvalue weighted by Gasteiger charge is 2.23. The average Bonchev–Trinajstić information content (AvgIpc) is 2.50. The van der Waals surface area contributed by atoms with E-state index < -0.39 is 15.7 Å². The number of aromatic nitrogens is 1. The van der Waals surface area contributed by atoms with Crippen molar-refractivity contribution in [2.75, 3.05) is 0 Å². The Morgan fingerprint density at radius 2 is 1.78 bits per heavy atom. The monoisotopic (exact) mass is 349 g/mol. The molecule has 23 heavy (non-hydrogen) atoms. The number of fused-ring (bicyclic) bond motifs is 1. The zero-order chi connectivity index (χ0) is 16.8. The van der Waals surface area contributed by atoms with Gasteiger partial charge in [-0.05, 0) is 55.3 Å². The molecule has 3 rings (SSSR count). The zero-order valence-corrected chi connectivity index (χ0v) is 14.0. The zero-order valence-electron chi connectivity index (χ0n) is 12.5. The molecule has 118 valence electrons. The second kappa shape index (κ2) is 5.58. The minimum atomic E-state index is -3.83. The van der Waals surface area contributed by atoms with E-state index in [0.29, 0.717) is 5.52 Å². The Kier molecular flexibility index (Phi) is 3.86. The summed E-state index contributed by atoms with van der Waals surface area (Å²) in [5.41, 5.74) is 2.30. The van der Waals surface area contributed by atoms with E-state index in [0.717, 1.165) is 11.1 Å². The van der Waals surface area contributed by atoms with Crippen LogP contribution in [-0.2, 0) is 9.84 Å². The molecule has 6 heteroatoms. The van der Waals surface area contributed by atoms with Gasteiger partial charge in [0.05, 0.1) is 15.4 Å². The molecule has 0 aliphatic rings. The quantitative estimate of drug-likeness (QED) is 0.685. The van der Waals surface area contributed by atoms with Crippen LogP contribution in [0.4, 0.5) is 4.39 Å². The number of benzene rings is 2. The Morgan fingerprint density at radius 3 is 2.48 bits per heavy atom. The van der Waals surface area contributed by atoms with E-state index in [1.165, 1.54) is 30.5 Å². The van der Waals surface area contributed by atoms with Crippen LogP contribution in [0.3, 0.4) is 0 Å². The molecule has 0 radical (unpaired) electrons. The standard InChI is InChI=1S/C17H13ClFNO2S/c1-10-3-5-13(7-11(10)2)23(21,22)16-9-20-15-6-4-12(19)8-14(15)17(16)18/h3-9H,1-2H3. The average molecular weight is 350 g/mol. The van der Waals surface area contributed by atoms with Gasteiger partial charge in [0.25, 0.3) is 0 Å². The van der Waals surface area contributed by atoms with Crippen molar-refractivity contribution in [3.05, 3.63) is 64.6 Å². The Bertz CT molecular complexity index is 1030. The lowest BCUT2D eigenvalue weighted by atomic mass is 10.1. The normalized spacial score (nSPS) is 11.8. The predicted molar refractivity (Wildman–Crippen MR) is 88.1 cm³/mol. The van der Waals surface area contributed by atoms with Crippen LogP contribution in [0.1, 0.15) is 11.1 Å². The van der Waals surface area contributed by atoms with E-state index in [2.05, 4.69) is 4.98 Å². The number of hydrogen-bond acceptors (Lipinski definition) is 3. The first-order valence-corrected chi connectivity index (χ1v) is 8.73. The molecule has 0 amide bonds. The van der Waals surface area contributed by atoms with Gasteiger partial charge in [-0.25, -0.2) is 12.8 Å². The van der Waals surface area contributed by atoms with Gasteiger partial charge >= 0.3 is 0 Å². The Morgan fingerprint density at radius 1 is 1.04 bits per heavy atom. The highest BCUT2D eigenvalue weighted by molar-refractivity contribution is 7.91. The van der Waals surface area contributed by atoms with E-state index in [4.69, 9.17) is 11.6 Å². The SMILES string of the molecule is Cc1ccc(S(=O)(=O)c2cnc3ccc(F)cc3c2Cl)cc1C. The molecule has 0 aliphatic carbocycles. The largest absolute Gasteiger partial charge is 0.255 e. The van der Waals surface area contributed by atoms with Crippen molar-refractivity contribution < 1.29 is 12.8 Å². The minimum Gasteiger partial charge on any atom is -0.255 e. The van der Waals surface area contributed by atoms with Crippen LogP contribution in [0.5, 0.6) is 0 Å². The van der Waals surface area contributed by atoms with Gasteiger partial charge < -0.3 is 0 Å². The molecule has 0 spiro atoms. The first-order chi connectivity index (χ1) is 10.8. The third kappa shape index (κ3) is 2.71. The fourth-order valence-electron chi connectivity index (χ4n) is 2.31. The number of nitrogens with zero attached hydrogens (tertiary/aromatic N) is 1. The molecule has 2 aromatic carbocycles.